The molecule has 0 saturated heterocycles. The molecule has 224 valence electrons. The van der Waals surface area contributed by atoms with Crippen molar-refractivity contribution in [1.29, 1.82) is 0 Å². The van der Waals surface area contributed by atoms with Crippen molar-refractivity contribution in [3.63, 3.8) is 0 Å². The van der Waals surface area contributed by atoms with Crippen LogP contribution in [0.25, 0.3) is 22.0 Å². The minimum Gasteiger partial charge on any atom is -0.491 e. The number of H-pyrrole nitrogens is 2. The zero-order valence-corrected chi connectivity index (χ0v) is 24.6. The van der Waals surface area contributed by atoms with E-state index >= 15 is 0 Å². The zero-order valence-electron chi connectivity index (χ0n) is 23.7. The molecule has 0 saturated carbocycles. The molecule has 41 heavy (non-hydrogen) atoms. The molecule has 4 rings (SSSR count). The lowest BCUT2D eigenvalue weighted by Crippen LogP contribution is -2.12. The molecule has 1 atom stereocenters. The fourth-order valence-electron chi connectivity index (χ4n) is 4.26. The molecule has 2 aromatic rings. The van der Waals surface area contributed by atoms with E-state index < -0.39 is 0 Å². The van der Waals surface area contributed by atoms with Gasteiger partial charge in [0.1, 0.15) is 18.2 Å². The van der Waals surface area contributed by atoms with Gasteiger partial charge in [-0.1, -0.05) is 6.07 Å². The summed E-state index contributed by atoms with van der Waals surface area (Å²) in [6.07, 6.45) is 0.277. The van der Waals surface area contributed by atoms with Crippen molar-refractivity contribution in [1.82, 2.24) is 10.2 Å². The predicted octanol–water partition coefficient (Wildman–Crippen LogP) is 5.03. The van der Waals surface area contributed by atoms with Crippen LogP contribution in [0.3, 0.4) is 0 Å². The van der Waals surface area contributed by atoms with Crippen molar-refractivity contribution in [2.45, 2.75) is 26.4 Å². The van der Waals surface area contributed by atoms with E-state index in [-0.39, 0.29) is 12.7 Å². The van der Waals surface area contributed by atoms with E-state index in [4.69, 9.17) is 28.8 Å². The highest BCUT2D eigenvalue weighted by Crippen LogP contribution is 2.43. The van der Waals surface area contributed by atoms with Crippen LogP contribution in [0, 0.1) is 0 Å². The Morgan fingerprint density at radius 3 is 2.51 bits per heavy atom. The number of aliphatic hydroxyl groups is 2. The molecule has 1 heterocycles. The number of hydrogen-bond donors (Lipinski definition) is 5. The van der Waals surface area contributed by atoms with Gasteiger partial charge in [0.2, 0.25) is 0 Å². The van der Waals surface area contributed by atoms with Gasteiger partial charge < -0.3 is 39.2 Å². The summed E-state index contributed by atoms with van der Waals surface area (Å²) in [5, 5.41) is 30.4. The van der Waals surface area contributed by atoms with Crippen molar-refractivity contribution in [2.24, 2.45) is 0 Å². The second-order valence-electron chi connectivity index (χ2n) is 9.45. The summed E-state index contributed by atoms with van der Waals surface area (Å²) in [5.41, 5.74) is 2.86. The molecule has 0 aromatic heterocycles. The second-order valence-corrected chi connectivity index (χ2v) is 10.6. The Morgan fingerprint density at radius 2 is 1.71 bits per heavy atom. The highest BCUT2D eigenvalue weighted by Gasteiger charge is 2.20. The third-order valence-electron chi connectivity index (χ3n) is 6.10. The van der Waals surface area contributed by atoms with E-state index in [1.54, 1.807) is 18.7 Å². The molecule has 1 aliphatic heterocycles. The van der Waals surface area contributed by atoms with Crippen molar-refractivity contribution in [3.05, 3.63) is 42.5 Å². The Morgan fingerprint density at radius 1 is 0.902 bits per heavy atom. The van der Waals surface area contributed by atoms with Gasteiger partial charge in [0.15, 0.2) is 11.5 Å². The molecule has 11 heteroatoms. The monoisotopic (exact) mass is 587 g/mol. The van der Waals surface area contributed by atoms with E-state index in [1.807, 2.05) is 43.3 Å². The molecule has 0 radical (unpaired) electrons. The van der Waals surface area contributed by atoms with Crippen LogP contribution in [0.15, 0.2) is 42.5 Å². The standard InChI is InChI=1S/C30H41N3O7S/c1-3-38-27-17-22-16-26-29(25(22)19-28(27)40-9-5-8-34)32-33-30(26)31-23-6-4-7-24(18-23)39-13-12-36-10-11-37-14-15-41-20-21(2)35/h4,6-7,16-19,21,31-35H,3,5,8-15,20H2,1-2H3. The summed E-state index contributed by atoms with van der Waals surface area (Å²) in [6.45, 7) is 7.37. The second kappa shape index (κ2) is 16.4. The van der Waals surface area contributed by atoms with Crippen LogP contribution in [0.2, 0.25) is 0 Å². The number of fused-ring (bicyclic) bond motifs is 3. The molecule has 1 aliphatic carbocycles. The summed E-state index contributed by atoms with van der Waals surface area (Å²) < 4.78 is 28.7. The van der Waals surface area contributed by atoms with Crippen molar-refractivity contribution in [2.75, 3.05) is 69.7 Å². The number of anilines is 2. The Labute approximate surface area is 245 Å². The van der Waals surface area contributed by atoms with Crippen LogP contribution in [-0.2, 0) is 9.47 Å². The van der Waals surface area contributed by atoms with Gasteiger partial charge in [-0.15, -0.1) is 0 Å². The lowest BCUT2D eigenvalue weighted by Gasteiger charge is -2.12. The highest BCUT2D eigenvalue weighted by molar-refractivity contribution is 7.99. The van der Waals surface area contributed by atoms with E-state index in [0.717, 1.165) is 50.8 Å². The molecular weight excluding hydrogens is 546 g/mol. The van der Waals surface area contributed by atoms with Crippen molar-refractivity contribution >= 4 is 34.0 Å². The number of aliphatic hydroxyl groups excluding tert-OH is 2. The lowest BCUT2D eigenvalue weighted by atomic mass is 10.2. The summed E-state index contributed by atoms with van der Waals surface area (Å²) in [5.74, 6) is 4.52. The molecule has 5 N–H and O–H groups in total. The first-order valence-corrected chi connectivity index (χ1v) is 15.2. The minimum atomic E-state index is -0.280. The van der Waals surface area contributed by atoms with Gasteiger partial charge in [-0.25, -0.2) is 0 Å². The van der Waals surface area contributed by atoms with Crippen molar-refractivity contribution in [3.8, 4) is 28.5 Å². The fraction of sp³-hybridized carbons (Fsp3) is 0.467. The minimum absolute atomic E-state index is 0.0790. The quantitative estimate of drug-likeness (QED) is 0.0904. The van der Waals surface area contributed by atoms with E-state index in [0.29, 0.717) is 64.2 Å². The fourth-order valence-corrected chi connectivity index (χ4v) is 5.00. The number of hydrogen-bond acceptors (Lipinski definition) is 9. The maximum Gasteiger partial charge on any atom is 0.161 e. The Kier molecular flexibility index (Phi) is 12.3. The molecular formula is C30H41N3O7S. The Hall–Kier alpha value is -3.09. The molecule has 0 fully saturated rings. The van der Waals surface area contributed by atoms with Gasteiger partial charge in [0, 0.05) is 47.2 Å². The molecule has 0 spiro atoms. The van der Waals surface area contributed by atoms with E-state index in [1.165, 1.54) is 0 Å². The third-order valence-corrected chi connectivity index (χ3v) is 7.27. The molecule has 0 bridgehead atoms. The normalized spacial score (nSPS) is 12.2. The third kappa shape index (κ3) is 9.20. The largest absolute Gasteiger partial charge is 0.491 e. The van der Waals surface area contributed by atoms with Crippen LogP contribution >= 0.6 is 11.8 Å². The van der Waals surface area contributed by atoms with Gasteiger partial charge in [-0.3, -0.25) is 10.2 Å². The lowest BCUT2D eigenvalue weighted by molar-refractivity contribution is 0.0412. The van der Waals surface area contributed by atoms with Crippen LogP contribution < -0.4 is 19.5 Å². The first-order chi connectivity index (χ1) is 20.1. The smallest absolute Gasteiger partial charge is 0.161 e. The van der Waals surface area contributed by atoms with Crippen LogP contribution in [0.1, 0.15) is 20.3 Å². The topological polar surface area (TPSA) is 130 Å². The van der Waals surface area contributed by atoms with Gasteiger partial charge in [-0.05, 0) is 49.6 Å². The summed E-state index contributed by atoms with van der Waals surface area (Å²) in [7, 11) is 0. The molecule has 10 nitrogen and oxygen atoms in total. The number of thioether (sulfide) groups is 1. The molecule has 2 aliphatic rings. The Balaban J connectivity index is 1.27. The average Bonchev–Trinajstić information content (AvgIpc) is 3.51. The highest BCUT2D eigenvalue weighted by atomic mass is 32.2. The van der Waals surface area contributed by atoms with E-state index in [9.17, 15) is 5.11 Å². The first-order valence-electron chi connectivity index (χ1n) is 14.0. The van der Waals surface area contributed by atoms with Crippen molar-refractivity contribution < 1.29 is 33.9 Å². The number of nitrogens with one attached hydrogen (secondary N) is 3. The zero-order chi connectivity index (χ0) is 28.9. The van der Waals surface area contributed by atoms with Crippen LogP contribution in [-0.4, -0.2) is 90.9 Å². The number of ether oxygens (including phenoxy) is 5. The molecule has 1 unspecified atom stereocenters. The van der Waals surface area contributed by atoms with Gasteiger partial charge in [0.25, 0.3) is 0 Å². The number of benzene rings is 2. The Bertz CT molecular complexity index is 1290. The van der Waals surface area contributed by atoms with E-state index in [2.05, 4.69) is 21.6 Å². The maximum atomic E-state index is 9.24. The number of aromatic amines is 2. The van der Waals surface area contributed by atoms with Gasteiger partial charge in [0.05, 0.1) is 51.4 Å². The van der Waals surface area contributed by atoms with Crippen LogP contribution in [0.5, 0.6) is 17.2 Å². The average molecular weight is 588 g/mol. The predicted molar refractivity (Wildman–Crippen MR) is 164 cm³/mol. The molecule has 2 aromatic carbocycles. The number of aromatic nitrogens is 2. The summed E-state index contributed by atoms with van der Waals surface area (Å²) >= 11 is 1.68. The van der Waals surface area contributed by atoms with Crippen LogP contribution in [0.4, 0.5) is 11.5 Å². The first kappa shape index (κ1) is 30.9. The number of rotatable bonds is 20. The molecule has 0 amide bonds. The maximum absolute atomic E-state index is 9.24. The van der Waals surface area contributed by atoms with Gasteiger partial charge in [-0.2, -0.15) is 11.8 Å². The van der Waals surface area contributed by atoms with Gasteiger partial charge >= 0.3 is 0 Å². The summed E-state index contributed by atoms with van der Waals surface area (Å²) in [6, 6.07) is 13.9. The SMILES string of the molecule is CCOc1cc2cc3c(Nc4cccc(OCCOCCOCCSCC(C)O)c4)[nH][nH]c-3c2cc1OCCCO. The summed E-state index contributed by atoms with van der Waals surface area (Å²) in [4.78, 5) is 0.